The first-order chi connectivity index (χ1) is 13.9. The van der Waals surface area contributed by atoms with E-state index in [4.69, 9.17) is 10.6 Å². The molecule has 0 spiro atoms. The zero-order valence-corrected chi connectivity index (χ0v) is 16.8. The Bertz CT molecular complexity index is 1040. The Morgan fingerprint density at radius 3 is 2.55 bits per heavy atom. The molecule has 8 nitrogen and oxygen atoms in total. The molecule has 0 aliphatic carbocycles. The Morgan fingerprint density at radius 2 is 1.86 bits per heavy atom. The van der Waals surface area contributed by atoms with Crippen LogP contribution in [0.1, 0.15) is 18.2 Å². The second-order valence-electron chi connectivity index (χ2n) is 6.29. The number of ether oxygens (including phenoxy) is 1. The third-order valence-electron chi connectivity index (χ3n) is 4.04. The first-order valence-corrected chi connectivity index (χ1v) is 9.77. The average molecular weight is 411 g/mol. The molecule has 0 saturated heterocycles. The van der Waals surface area contributed by atoms with Crippen LogP contribution in [0.2, 0.25) is 0 Å². The Balaban J connectivity index is 1.56. The first kappa shape index (κ1) is 20.4. The minimum atomic E-state index is -0.532. The fourth-order valence-corrected chi connectivity index (χ4v) is 3.15. The lowest BCUT2D eigenvalue weighted by Crippen LogP contribution is -2.33. The number of hydrogen-bond donors (Lipinski definition) is 2. The van der Waals surface area contributed by atoms with Gasteiger partial charge in [-0.25, -0.2) is 0 Å². The summed E-state index contributed by atoms with van der Waals surface area (Å²) in [6.45, 7) is 3.69. The number of anilines is 1. The highest BCUT2D eigenvalue weighted by molar-refractivity contribution is 8.00. The van der Waals surface area contributed by atoms with Crippen LogP contribution in [0.5, 0.6) is 5.75 Å². The number of thioether (sulfide) groups is 1. The van der Waals surface area contributed by atoms with Crippen molar-refractivity contribution in [3.8, 4) is 5.75 Å². The third-order valence-corrected chi connectivity index (χ3v) is 5.10. The van der Waals surface area contributed by atoms with Gasteiger partial charge in [0.1, 0.15) is 18.1 Å². The summed E-state index contributed by atoms with van der Waals surface area (Å²) in [7, 11) is 0. The van der Waals surface area contributed by atoms with Gasteiger partial charge in [-0.05, 0) is 43.7 Å². The number of nitrogens with two attached hydrogens (primary N) is 1. The zero-order chi connectivity index (χ0) is 20.8. The molecule has 0 aliphatic heterocycles. The Morgan fingerprint density at radius 1 is 1.17 bits per heavy atom. The summed E-state index contributed by atoms with van der Waals surface area (Å²) in [6, 6.07) is 17.0. The van der Waals surface area contributed by atoms with Gasteiger partial charge >= 0.3 is 0 Å². The fourth-order valence-electron chi connectivity index (χ4n) is 2.38. The Labute approximate surface area is 172 Å². The smallest absolute Gasteiger partial charge is 0.294 e. The van der Waals surface area contributed by atoms with Crippen molar-refractivity contribution in [3.63, 3.8) is 0 Å². The van der Waals surface area contributed by atoms with Gasteiger partial charge in [0.2, 0.25) is 11.1 Å². The number of nitrogens with zero attached hydrogens (tertiary/aromatic N) is 3. The monoisotopic (exact) mass is 411 g/mol. The van der Waals surface area contributed by atoms with Crippen molar-refractivity contribution in [1.82, 2.24) is 14.9 Å². The normalized spacial score (nSPS) is 11.7. The minimum absolute atomic E-state index is 0.174. The molecule has 3 N–H and O–H groups in total. The fraction of sp³-hybridized carbons (Fsp3) is 0.200. The summed E-state index contributed by atoms with van der Waals surface area (Å²) >= 11 is 1.06. The van der Waals surface area contributed by atoms with E-state index in [-0.39, 0.29) is 16.8 Å². The third kappa shape index (κ3) is 5.35. The highest BCUT2D eigenvalue weighted by atomic mass is 32.2. The van der Waals surface area contributed by atoms with Crippen LogP contribution in [-0.4, -0.2) is 26.0 Å². The van der Waals surface area contributed by atoms with Crippen LogP contribution in [-0.2, 0) is 11.4 Å². The standard InChI is InChI=1S/C20H21N5O3S/c1-13-19(27)25(21)20(24-23-13)29-14(2)18(26)22-16-8-10-17(11-9-16)28-12-15-6-4-3-5-7-15/h3-11,14H,12,21H2,1-2H3,(H,22,26)/t14-/m0/s1. The van der Waals surface area contributed by atoms with Gasteiger partial charge in [0.05, 0.1) is 5.25 Å². The molecule has 0 radical (unpaired) electrons. The minimum Gasteiger partial charge on any atom is -0.489 e. The number of carbonyl (C=O) groups is 1. The number of aryl methyl sites for hydroxylation is 1. The van der Waals surface area contributed by atoms with E-state index in [1.54, 1.807) is 31.2 Å². The second kappa shape index (κ2) is 9.24. The van der Waals surface area contributed by atoms with Gasteiger partial charge in [0, 0.05) is 5.69 Å². The predicted octanol–water partition coefficient (Wildman–Crippen LogP) is 2.36. The number of rotatable bonds is 7. The predicted molar refractivity (Wildman–Crippen MR) is 112 cm³/mol. The summed E-state index contributed by atoms with van der Waals surface area (Å²) in [4.78, 5) is 24.3. The van der Waals surface area contributed by atoms with Gasteiger partial charge in [-0.1, -0.05) is 42.1 Å². The van der Waals surface area contributed by atoms with Crippen molar-refractivity contribution in [2.75, 3.05) is 11.2 Å². The molecule has 3 rings (SSSR count). The number of hydrogen-bond acceptors (Lipinski definition) is 7. The summed E-state index contributed by atoms with van der Waals surface area (Å²) in [5, 5.41) is 10.1. The van der Waals surface area contributed by atoms with Crippen molar-refractivity contribution in [2.24, 2.45) is 0 Å². The molecule has 3 aromatic rings. The van der Waals surface area contributed by atoms with Gasteiger partial charge < -0.3 is 15.9 Å². The van der Waals surface area contributed by atoms with E-state index in [2.05, 4.69) is 15.5 Å². The van der Waals surface area contributed by atoms with Crippen molar-refractivity contribution in [2.45, 2.75) is 30.9 Å². The molecule has 1 amide bonds. The van der Waals surface area contributed by atoms with Crippen LogP contribution in [0.25, 0.3) is 0 Å². The summed E-state index contributed by atoms with van der Waals surface area (Å²) in [5.74, 6) is 6.16. The van der Waals surface area contributed by atoms with Crippen LogP contribution in [0.15, 0.2) is 64.5 Å². The van der Waals surface area contributed by atoms with Gasteiger partial charge in [-0.2, -0.15) is 4.68 Å². The van der Waals surface area contributed by atoms with E-state index < -0.39 is 10.8 Å². The van der Waals surface area contributed by atoms with Crippen molar-refractivity contribution in [3.05, 3.63) is 76.2 Å². The molecule has 0 aliphatic rings. The SMILES string of the molecule is Cc1nnc(S[C@@H](C)C(=O)Nc2ccc(OCc3ccccc3)cc2)n(N)c1=O. The van der Waals surface area contributed by atoms with Gasteiger partial charge in [0.15, 0.2) is 0 Å². The van der Waals surface area contributed by atoms with Crippen molar-refractivity contribution >= 4 is 23.4 Å². The maximum Gasteiger partial charge on any atom is 0.294 e. The number of nitrogens with one attached hydrogen (secondary N) is 1. The highest BCUT2D eigenvalue weighted by Gasteiger charge is 2.18. The lowest BCUT2D eigenvalue weighted by molar-refractivity contribution is -0.115. The maximum absolute atomic E-state index is 12.4. The van der Waals surface area contributed by atoms with Crippen molar-refractivity contribution in [1.29, 1.82) is 0 Å². The number of nitrogen functional groups attached to an aromatic ring is 1. The average Bonchev–Trinajstić information content (AvgIpc) is 2.74. The largest absolute Gasteiger partial charge is 0.489 e. The maximum atomic E-state index is 12.4. The zero-order valence-electron chi connectivity index (χ0n) is 16.0. The summed E-state index contributed by atoms with van der Waals surface area (Å²) in [5.41, 5.74) is 1.47. The molecule has 150 valence electrons. The van der Waals surface area contributed by atoms with Crippen LogP contribution in [0, 0.1) is 6.92 Å². The lowest BCUT2D eigenvalue weighted by Gasteiger charge is -2.13. The number of aromatic nitrogens is 3. The summed E-state index contributed by atoms with van der Waals surface area (Å²) < 4.78 is 6.63. The number of carbonyl (C=O) groups excluding carboxylic acids is 1. The number of benzene rings is 2. The number of amides is 1. The van der Waals surface area contributed by atoms with E-state index in [0.717, 1.165) is 22.0 Å². The van der Waals surface area contributed by atoms with Crippen molar-refractivity contribution < 1.29 is 9.53 Å². The molecule has 1 atom stereocenters. The second-order valence-corrected chi connectivity index (χ2v) is 7.60. The molecule has 9 heteroatoms. The Kier molecular flexibility index (Phi) is 6.50. The van der Waals surface area contributed by atoms with Crippen LogP contribution < -0.4 is 21.5 Å². The van der Waals surface area contributed by atoms with E-state index in [0.29, 0.717) is 18.0 Å². The first-order valence-electron chi connectivity index (χ1n) is 8.90. The molecule has 2 aromatic carbocycles. The topological polar surface area (TPSA) is 112 Å². The van der Waals surface area contributed by atoms with E-state index in [9.17, 15) is 9.59 Å². The van der Waals surface area contributed by atoms with E-state index in [1.807, 2.05) is 30.3 Å². The van der Waals surface area contributed by atoms with Gasteiger partial charge in [0.25, 0.3) is 5.56 Å². The lowest BCUT2D eigenvalue weighted by atomic mass is 10.2. The molecule has 0 unspecified atom stereocenters. The van der Waals surface area contributed by atoms with Gasteiger partial charge in [-0.15, -0.1) is 10.2 Å². The van der Waals surface area contributed by atoms with Crippen LogP contribution in [0.4, 0.5) is 5.69 Å². The summed E-state index contributed by atoms with van der Waals surface area (Å²) in [6.07, 6.45) is 0. The molecule has 1 aromatic heterocycles. The van der Waals surface area contributed by atoms with Gasteiger partial charge in [-0.3, -0.25) is 9.59 Å². The molecule has 0 saturated carbocycles. The Hall–Kier alpha value is -3.33. The van der Waals surface area contributed by atoms with E-state index in [1.165, 1.54) is 6.92 Å². The highest BCUT2D eigenvalue weighted by Crippen LogP contribution is 2.21. The molecular weight excluding hydrogens is 390 g/mol. The molecular formula is C20H21N5O3S. The van der Waals surface area contributed by atoms with Crippen LogP contribution >= 0.6 is 11.8 Å². The molecule has 0 bridgehead atoms. The quantitative estimate of drug-likeness (QED) is 0.453. The van der Waals surface area contributed by atoms with E-state index >= 15 is 0 Å². The molecule has 1 heterocycles. The van der Waals surface area contributed by atoms with Crippen LogP contribution in [0.3, 0.4) is 0 Å². The molecule has 29 heavy (non-hydrogen) atoms. The molecule has 0 fully saturated rings.